The number of methoxy groups -OCH3 is 1. The van der Waals surface area contributed by atoms with Crippen LogP contribution in [0.2, 0.25) is 0 Å². The van der Waals surface area contributed by atoms with Crippen molar-refractivity contribution in [2.45, 2.75) is 30.4 Å². The Labute approximate surface area is 125 Å². The van der Waals surface area contributed by atoms with Gasteiger partial charge in [0.1, 0.15) is 5.75 Å². The quantitative estimate of drug-likeness (QED) is 0.640. The summed E-state index contributed by atoms with van der Waals surface area (Å²) in [6.45, 7) is 4.42. The number of anilines is 1. The molecule has 0 aliphatic rings. The Morgan fingerprint density at radius 1 is 1.10 bits per heavy atom. The molecule has 0 bridgehead atoms. The molecule has 0 fully saturated rings. The topological polar surface area (TPSA) is 35.2 Å². The fraction of sp³-hybridized carbons (Fsp3) is 0.294. The molecule has 106 valence electrons. The average molecular weight is 287 g/mol. The molecule has 0 aliphatic carbocycles. The first-order valence-corrected chi connectivity index (χ1v) is 7.74. The largest absolute Gasteiger partial charge is 0.497 e. The summed E-state index contributed by atoms with van der Waals surface area (Å²) < 4.78 is 5.24. The summed E-state index contributed by atoms with van der Waals surface area (Å²) in [5.74, 6) is 2.33. The van der Waals surface area contributed by atoms with Crippen molar-refractivity contribution >= 4 is 17.4 Å². The molecule has 0 saturated carbocycles. The zero-order valence-corrected chi connectivity index (χ0v) is 13.0. The second kappa shape index (κ2) is 6.71. The summed E-state index contributed by atoms with van der Waals surface area (Å²) >= 11 is 1.74. The number of hydrogen-bond acceptors (Lipinski definition) is 3. The number of ether oxygens (including phenoxy) is 1. The molecule has 20 heavy (non-hydrogen) atoms. The molecule has 0 unspecified atom stereocenters. The first-order chi connectivity index (χ1) is 9.60. The SMILES string of the molecule is COc1ccc(N)c(SCc2ccc(C(C)C)cc2)c1. The lowest BCUT2D eigenvalue weighted by molar-refractivity contribution is 0.414. The maximum atomic E-state index is 6.00. The normalized spacial score (nSPS) is 10.8. The van der Waals surface area contributed by atoms with Gasteiger partial charge in [-0.15, -0.1) is 11.8 Å². The number of rotatable bonds is 5. The van der Waals surface area contributed by atoms with Gasteiger partial charge < -0.3 is 10.5 Å². The average Bonchev–Trinajstić information content (AvgIpc) is 2.47. The Hall–Kier alpha value is -1.61. The van der Waals surface area contributed by atoms with Crippen LogP contribution in [0.15, 0.2) is 47.4 Å². The Kier molecular flexibility index (Phi) is 4.96. The van der Waals surface area contributed by atoms with E-state index in [1.165, 1.54) is 11.1 Å². The monoisotopic (exact) mass is 287 g/mol. The van der Waals surface area contributed by atoms with Gasteiger partial charge in [0.15, 0.2) is 0 Å². The summed E-state index contributed by atoms with van der Waals surface area (Å²) in [4.78, 5) is 1.07. The molecule has 2 nitrogen and oxygen atoms in total. The van der Waals surface area contributed by atoms with Crippen molar-refractivity contribution in [3.63, 3.8) is 0 Å². The predicted octanol–water partition coefficient (Wildman–Crippen LogP) is 4.69. The lowest BCUT2D eigenvalue weighted by Gasteiger charge is -2.09. The minimum absolute atomic E-state index is 0.575. The molecule has 0 heterocycles. The Morgan fingerprint density at radius 2 is 1.80 bits per heavy atom. The van der Waals surface area contributed by atoms with Crippen LogP contribution in [0, 0.1) is 0 Å². The minimum Gasteiger partial charge on any atom is -0.497 e. The summed E-state index contributed by atoms with van der Waals surface area (Å²) in [6.07, 6.45) is 0. The van der Waals surface area contributed by atoms with E-state index in [0.29, 0.717) is 5.92 Å². The predicted molar refractivity (Wildman–Crippen MR) is 87.5 cm³/mol. The number of nitrogen functional groups attached to an aromatic ring is 1. The molecule has 0 radical (unpaired) electrons. The summed E-state index contributed by atoms with van der Waals surface area (Å²) in [6, 6.07) is 14.6. The van der Waals surface area contributed by atoms with Gasteiger partial charge in [-0.2, -0.15) is 0 Å². The fourth-order valence-electron chi connectivity index (χ4n) is 1.93. The van der Waals surface area contributed by atoms with E-state index in [1.807, 2.05) is 18.2 Å². The van der Waals surface area contributed by atoms with Crippen molar-refractivity contribution in [3.8, 4) is 5.75 Å². The van der Waals surface area contributed by atoms with Crippen LogP contribution < -0.4 is 10.5 Å². The van der Waals surface area contributed by atoms with Crippen molar-refractivity contribution in [2.24, 2.45) is 0 Å². The van der Waals surface area contributed by atoms with Gasteiger partial charge >= 0.3 is 0 Å². The van der Waals surface area contributed by atoms with Gasteiger partial charge in [0.2, 0.25) is 0 Å². The first kappa shape index (κ1) is 14.8. The lowest BCUT2D eigenvalue weighted by atomic mass is 10.0. The maximum absolute atomic E-state index is 6.00. The molecule has 2 rings (SSSR count). The van der Waals surface area contributed by atoms with Crippen LogP contribution in [0.1, 0.15) is 30.9 Å². The molecule has 0 aliphatic heterocycles. The van der Waals surface area contributed by atoms with E-state index in [2.05, 4.69) is 38.1 Å². The number of benzene rings is 2. The molecule has 0 amide bonds. The molecular formula is C17H21NOS. The van der Waals surface area contributed by atoms with Crippen LogP contribution in [0.3, 0.4) is 0 Å². The standard InChI is InChI=1S/C17H21NOS/c1-12(2)14-6-4-13(5-7-14)11-20-17-10-15(19-3)8-9-16(17)18/h4-10,12H,11,18H2,1-3H3. The van der Waals surface area contributed by atoms with Gasteiger partial charge in [-0.3, -0.25) is 0 Å². The van der Waals surface area contributed by atoms with E-state index in [0.717, 1.165) is 22.1 Å². The minimum atomic E-state index is 0.575. The third-order valence-corrected chi connectivity index (χ3v) is 4.40. The van der Waals surface area contributed by atoms with E-state index >= 15 is 0 Å². The van der Waals surface area contributed by atoms with Crippen molar-refractivity contribution in [1.82, 2.24) is 0 Å². The van der Waals surface area contributed by atoms with E-state index < -0.39 is 0 Å². The van der Waals surface area contributed by atoms with Crippen LogP contribution >= 0.6 is 11.8 Å². The molecule has 0 spiro atoms. The van der Waals surface area contributed by atoms with Gasteiger partial charge in [0, 0.05) is 16.3 Å². The van der Waals surface area contributed by atoms with Crippen LogP contribution in [0.5, 0.6) is 5.75 Å². The molecule has 2 aromatic rings. The number of nitrogens with two attached hydrogens (primary N) is 1. The third kappa shape index (κ3) is 3.70. The highest BCUT2D eigenvalue weighted by molar-refractivity contribution is 7.98. The van der Waals surface area contributed by atoms with Crippen LogP contribution in [-0.4, -0.2) is 7.11 Å². The van der Waals surface area contributed by atoms with E-state index in [1.54, 1.807) is 18.9 Å². The molecule has 0 aromatic heterocycles. The second-order valence-electron chi connectivity index (χ2n) is 5.09. The summed E-state index contributed by atoms with van der Waals surface area (Å²) in [5, 5.41) is 0. The lowest BCUT2D eigenvalue weighted by Crippen LogP contribution is -1.92. The zero-order chi connectivity index (χ0) is 14.5. The smallest absolute Gasteiger partial charge is 0.120 e. The highest BCUT2D eigenvalue weighted by Crippen LogP contribution is 2.31. The van der Waals surface area contributed by atoms with Gasteiger partial charge in [-0.25, -0.2) is 0 Å². The molecule has 0 saturated heterocycles. The Morgan fingerprint density at radius 3 is 2.40 bits per heavy atom. The van der Waals surface area contributed by atoms with Crippen molar-refractivity contribution in [1.29, 1.82) is 0 Å². The van der Waals surface area contributed by atoms with Gasteiger partial charge in [-0.1, -0.05) is 38.1 Å². The van der Waals surface area contributed by atoms with Gasteiger partial charge in [0.25, 0.3) is 0 Å². The number of thioether (sulfide) groups is 1. The van der Waals surface area contributed by atoms with Crippen LogP contribution in [0.4, 0.5) is 5.69 Å². The number of hydrogen-bond donors (Lipinski definition) is 1. The van der Waals surface area contributed by atoms with Crippen LogP contribution in [-0.2, 0) is 5.75 Å². The maximum Gasteiger partial charge on any atom is 0.120 e. The zero-order valence-electron chi connectivity index (χ0n) is 12.2. The molecule has 2 aromatic carbocycles. The van der Waals surface area contributed by atoms with E-state index in [4.69, 9.17) is 10.5 Å². The molecule has 0 atom stereocenters. The van der Waals surface area contributed by atoms with Crippen LogP contribution in [0.25, 0.3) is 0 Å². The summed E-state index contributed by atoms with van der Waals surface area (Å²) in [7, 11) is 1.67. The van der Waals surface area contributed by atoms with Crippen molar-refractivity contribution in [2.75, 3.05) is 12.8 Å². The third-order valence-electron chi connectivity index (χ3n) is 3.26. The van der Waals surface area contributed by atoms with Gasteiger partial charge in [-0.05, 0) is 35.2 Å². The summed E-state index contributed by atoms with van der Waals surface area (Å²) in [5.41, 5.74) is 9.48. The highest BCUT2D eigenvalue weighted by Gasteiger charge is 2.04. The van der Waals surface area contributed by atoms with Crippen molar-refractivity contribution < 1.29 is 4.74 Å². The second-order valence-corrected chi connectivity index (χ2v) is 6.11. The highest BCUT2D eigenvalue weighted by atomic mass is 32.2. The molecule has 2 N–H and O–H groups in total. The van der Waals surface area contributed by atoms with Crippen molar-refractivity contribution in [3.05, 3.63) is 53.6 Å². The first-order valence-electron chi connectivity index (χ1n) is 6.75. The van der Waals surface area contributed by atoms with Gasteiger partial charge in [0.05, 0.1) is 7.11 Å². The van der Waals surface area contributed by atoms with E-state index in [9.17, 15) is 0 Å². The molecular weight excluding hydrogens is 266 g/mol. The Balaban J connectivity index is 2.04. The molecule has 3 heteroatoms. The van der Waals surface area contributed by atoms with E-state index in [-0.39, 0.29) is 0 Å². The Bertz CT molecular complexity index is 564. The fourth-order valence-corrected chi connectivity index (χ4v) is 2.88.